The largest absolute Gasteiger partial charge is 0.341 e. The Bertz CT molecular complexity index is 650. The molecular weight excluding hydrogens is 310 g/mol. The van der Waals surface area contributed by atoms with E-state index in [9.17, 15) is 4.79 Å². The molecule has 0 atom stereocenters. The highest BCUT2D eigenvalue weighted by atomic mass is 32.1. The summed E-state index contributed by atoms with van der Waals surface area (Å²) in [6.45, 7) is 5.80. The van der Waals surface area contributed by atoms with E-state index in [1.165, 1.54) is 11.3 Å². The van der Waals surface area contributed by atoms with Crippen LogP contribution in [0.5, 0.6) is 0 Å². The molecule has 23 heavy (non-hydrogen) atoms. The molecule has 0 unspecified atom stereocenters. The monoisotopic (exact) mass is 331 g/mol. The maximum Gasteiger partial charge on any atom is 0.229 e. The van der Waals surface area contributed by atoms with Crippen molar-refractivity contribution >= 4 is 28.3 Å². The van der Waals surface area contributed by atoms with Crippen LogP contribution in [-0.4, -0.2) is 33.9 Å². The minimum atomic E-state index is 0.0290. The third kappa shape index (κ3) is 3.85. The standard InChI is InChI=1S/C16H21N5OS/c1-11(2)13-10-23-16(19-13)20-14(22)12-4-8-21(9-5-12)15-17-6-3-7-18-15/h3,6-7,10-12H,4-5,8-9H2,1-2H3,(H,19,20,22). The van der Waals surface area contributed by atoms with Crippen LogP contribution in [0.3, 0.4) is 0 Å². The molecule has 1 N–H and O–H groups in total. The summed E-state index contributed by atoms with van der Waals surface area (Å²) in [7, 11) is 0. The Labute approximate surface area is 140 Å². The number of nitrogens with zero attached hydrogens (tertiary/aromatic N) is 4. The van der Waals surface area contributed by atoms with Crippen molar-refractivity contribution in [3.05, 3.63) is 29.5 Å². The first-order valence-electron chi connectivity index (χ1n) is 7.91. The maximum absolute atomic E-state index is 12.4. The molecule has 122 valence electrons. The van der Waals surface area contributed by atoms with E-state index in [2.05, 4.69) is 39.0 Å². The van der Waals surface area contributed by atoms with Gasteiger partial charge in [-0.1, -0.05) is 13.8 Å². The molecule has 2 aromatic heterocycles. The lowest BCUT2D eigenvalue weighted by Crippen LogP contribution is -2.39. The summed E-state index contributed by atoms with van der Waals surface area (Å²) in [5.74, 6) is 1.23. The Morgan fingerprint density at radius 2 is 2.00 bits per heavy atom. The first-order chi connectivity index (χ1) is 11.1. The number of hydrogen-bond donors (Lipinski definition) is 1. The van der Waals surface area contributed by atoms with Crippen LogP contribution in [0.2, 0.25) is 0 Å². The van der Waals surface area contributed by atoms with Crippen LogP contribution in [0.15, 0.2) is 23.8 Å². The first-order valence-corrected chi connectivity index (χ1v) is 8.79. The molecule has 1 aliphatic heterocycles. The summed E-state index contributed by atoms with van der Waals surface area (Å²) in [5.41, 5.74) is 1.03. The van der Waals surface area contributed by atoms with Crippen molar-refractivity contribution in [2.45, 2.75) is 32.6 Å². The van der Waals surface area contributed by atoms with E-state index in [0.29, 0.717) is 11.0 Å². The minimum absolute atomic E-state index is 0.0290. The van der Waals surface area contributed by atoms with E-state index in [-0.39, 0.29) is 11.8 Å². The number of rotatable bonds is 4. The van der Waals surface area contributed by atoms with E-state index in [4.69, 9.17) is 0 Å². The summed E-state index contributed by atoms with van der Waals surface area (Å²) >= 11 is 1.49. The molecule has 3 heterocycles. The number of carbonyl (C=O) groups is 1. The van der Waals surface area contributed by atoms with Crippen molar-refractivity contribution in [3.8, 4) is 0 Å². The number of amides is 1. The zero-order valence-corrected chi connectivity index (χ0v) is 14.2. The molecule has 0 radical (unpaired) electrons. The van der Waals surface area contributed by atoms with Gasteiger partial charge in [0.2, 0.25) is 11.9 Å². The summed E-state index contributed by atoms with van der Waals surface area (Å²) in [5, 5.41) is 5.67. The van der Waals surface area contributed by atoms with Crippen molar-refractivity contribution in [3.63, 3.8) is 0 Å². The fourth-order valence-electron chi connectivity index (χ4n) is 2.61. The van der Waals surface area contributed by atoms with Crippen LogP contribution in [0, 0.1) is 5.92 Å². The smallest absolute Gasteiger partial charge is 0.229 e. The number of piperidine rings is 1. The van der Waals surface area contributed by atoms with Gasteiger partial charge < -0.3 is 10.2 Å². The van der Waals surface area contributed by atoms with Gasteiger partial charge in [0.05, 0.1) is 5.69 Å². The Kier molecular flexibility index (Phi) is 4.85. The van der Waals surface area contributed by atoms with Gasteiger partial charge in [0.25, 0.3) is 0 Å². The van der Waals surface area contributed by atoms with Crippen LogP contribution in [-0.2, 0) is 4.79 Å². The lowest BCUT2D eigenvalue weighted by molar-refractivity contribution is -0.120. The van der Waals surface area contributed by atoms with Crippen LogP contribution in [0.25, 0.3) is 0 Å². The number of thiazole rings is 1. The lowest BCUT2D eigenvalue weighted by Gasteiger charge is -2.30. The zero-order chi connectivity index (χ0) is 16.2. The highest BCUT2D eigenvalue weighted by Gasteiger charge is 2.26. The molecule has 0 aromatic carbocycles. The van der Waals surface area contributed by atoms with E-state index in [0.717, 1.165) is 37.6 Å². The molecule has 0 spiro atoms. The van der Waals surface area contributed by atoms with Crippen LogP contribution in [0.1, 0.15) is 38.3 Å². The predicted octanol–water partition coefficient (Wildman–Crippen LogP) is 2.91. The molecule has 1 saturated heterocycles. The Morgan fingerprint density at radius 3 is 2.61 bits per heavy atom. The number of nitrogens with one attached hydrogen (secondary N) is 1. The lowest BCUT2D eigenvalue weighted by atomic mass is 9.96. The number of hydrogen-bond acceptors (Lipinski definition) is 6. The van der Waals surface area contributed by atoms with Gasteiger partial charge in [-0.2, -0.15) is 0 Å². The van der Waals surface area contributed by atoms with Crippen LogP contribution < -0.4 is 10.2 Å². The molecule has 0 aliphatic carbocycles. The molecule has 1 amide bonds. The summed E-state index contributed by atoms with van der Waals surface area (Å²) in [6, 6.07) is 1.81. The van der Waals surface area contributed by atoms with Crippen LogP contribution >= 0.6 is 11.3 Å². The number of carbonyl (C=O) groups excluding carboxylic acids is 1. The van der Waals surface area contributed by atoms with Gasteiger partial charge in [-0.3, -0.25) is 4.79 Å². The molecule has 0 bridgehead atoms. The van der Waals surface area contributed by atoms with Gasteiger partial charge in [-0.25, -0.2) is 15.0 Å². The molecule has 6 nitrogen and oxygen atoms in total. The second-order valence-corrected chi connectivity index (χ2v) is 6.89. The number of anilines is 2. The van der Waals surface area contributed by atoms with Crippen molar-refractivity contribution < 1.29 is 4.79 Å². The highest BCUT2D eigenvalue weighted by Crippen LogP contribution is 2.25. The normalized spacial score (nSPS) is 15.9. The second-order valence-electron chi connectivity index (χ2n) is 6.03. The van der Waals surface area contributed by atoms with Gasteiger partial charge in [0.15, 0.2) is 5.13 Å². The third-order valence-corrected chi connectivity index (χ3v) is 4.82. The molecule has 3 rings (SSSR count). The summed E-state index contributed by atoms with van der Waals surface area (Å²) in [4.78, 5) is 27.5. The van der Waals surface area contributed by atoms with E-state index >= 15 is 0 Å². The Hall–Kier alpha value is -2.02. The fraction of sp³-hybridized carbons (Fsp3) is 0.500. The SMILES string of the molecule is CC(C)c1csc(NC(=O)C2CCN(c3ncccn3)CC2)n1. The summed E-state index contributed by atoms with van der Waals surface area (Å²) in [6.07, 6.45) is 5.12. The Balaban J connectivity index is 1.53. The Morgan fingerprint density at radius 1 is 1.30 bits per heavy atom. The van der Waals surface area contributed by atoms with Gasteiger partial charge in [-0.05, 0) is 24.8 Å². The second kappa shape index (κ2) is 7.04. The molecule has 2 aromatic rings. The average molecular weight is 331 g/mol. The van der Waals surface area contributed by atoms with E-state index < -0.39 is 0 Å². The highest BCUT2D eigenvalue weighted by molar-refractivity contribution is 7.13. The average Bonchev–Trinajstić information content (AvgIpc) is 3.04. The molecule has 0 saturated carbocycles. The van der Waals surface area contributed by atoms with Crippen molar-refractivity contribution in [1.82, 2.24) is 15.0 Å². The first kappa shape index (κ1) is 15.9. The van der Waals surface area contributed by atoms with Gasteiger partial charge in [0.1, 0.15) is 0 Å². The maximum atomic E-state index is 12.4. The quantitative estimate of drug-likeness (QED) is 0.933. The zero-order valence-electron chi connectivity index (χ0n) is 13.4. The van der Waals surface area contributed by atoms with Crippen LogP contribution in [0.4, 0.5) is 11.1 Å². The molecule has 1 fully saturated rings. The van der Waals surface area contributed by atoms with Crippen molar-refractivity contribution in [2.75, 3.05) is 23.3 Å². The van der Waals surface area contributed by atoms with E-state index in [1.54, 1.807) is 12.4 Å². The predicted molar refractivity (Wildman–Crippen MR) is 91.8 cm³/mol. The van der Waals surface area contributed by atoms with E-state index in [1.807, 2.05) is 11.4 Å². The third-order valence-electron chi connectivity index (χ3n) is 4.04. The summed E-state index contributed by atoms with van der Waals surface area (Å²) < 4.78 is 0. The molecule has 1 aliphatic rings. The number of aromatic nitrogens is 3. The van der Waals surface area contributed by atoms with Crippen molar-refractivity contribution in [2.24, 2.45) is 5.92 Å². The minimum Gasteiger partial charge on any atom is -0.341 e. The molecule has 7 heteroatoms. The van der Waals surface area contributed by atoms with Gasteiger partial charge in [0, 0.05) is 36.8 Å². The topological polar surface area (TPSA) is 71.0 Å². The molecular formula is C16H21N5OS. The van der Waals surface area contributed by atoms with Gasteiger partial charge in [-0.15, -0.1) is 11.3 Å². The fourth-order valence-corrected chi connectivity index (χ4v) is 3.49. The van der Waals surface area contributed by atoms with Gasteiger partial charge >= 0.3 is 0 Å². The van der Waals surface area contributed by atoms with Crippen molar-refractivity contribution in [1.29, 1.82) is 0 Å².